The van der Waals surface area contributed by atoms with Gasteiger partial charge in [0, 0.05) is 17.8 Å². The molecule has 0 radical (unpaired) electrons. The van der Waals surface area contributed by atoms with Crippen LogP contribution in [-0.2, 0) is 6.61 Å². The second kappa shape index (κ2) is 12.3. The van der Waals surface area contributed by atoms with Crippen molar-refractivity contribution in [2.75, 3.05) is 11.9 Å². The lowest BCUT2D eigenvalue weighted by molar-refractivity contribution is 0.267. The SMILES string of the molecule is CCOc1cc(C=Nc2ccc([C@@H]3Nc4ccc(C)cc4[C@@H]4C=CC[C@@H]43)cc2)cc(I)c1OCc1cc(C)cc(C)c1. The predicted molar refractivity (Wildman–Crippen MR) is 182 cm³/mol. The second-order valence-corrected chi connectivity index (χ2v) is 12.6. The van der Waals surface area contributed by atoms with E-state index in [1.54, 1.807) is 0 Å². The van der Waals surface area contributed by atoms with E-state index in [1.807, 2.05) is 19.2 Å². The third-order valence-corrected chi connectivity index (χ3v) is 8.93. The molecule has 1 aliphatic carbocycles. The molecule has 0 aromatic heterocycles. The molecular formula is C37H37IN2O2. The standard InChI is InChI=1S/C37H37IN2O2/c1-5-41-35-20-26(19-33(38)37(35)42-22-27-16-24(3)15-25(4)17-27)21-39-29-12-10-28(11-13-29)36-31-8-6-7-30(31)32-18-23(2)9-14-34(32)40-36/h6-7,9-21,30-31,36,40H,5,8,22H2,1-4H3/t30-,31+,36+/m1/s1. The first kappa shape index (κ1) is 28.5. The van der Waals surface area contributed by atoms with Gasteiger partial charge in [-0.3, -0.25) is 4.99 Å². The number of nitrogens with one attached hydrogen (secondary N) is 1. The molecule has 6 rings (SSSR count). The van der Waals surface area contributed by atoms with Crippen LogP contribution >= 0.6 is 22.6 Å². The van der Waals surface area contributed by atoms with Crippen molar-refractivity contribution in [3.63, 3.8) is 0 Å². The van der Waals surface area contributed by atoms with Crippen molar-refractivity contribution in [1.82, 2.24) is 0 Å². The summed E-state index contributed by atoms with van der Waals surface area (Å²) < 4.78 is 13.3. The van der Waals surface area contributed by atoms with Crippen LogP contribution in [0.2, 0.25) is 0 Å². The maximum atomic E-state index is 6.28. The van der Waals surface area contributed by atoms with Crippen LogP contribution in [0.4, 0.5) is 11.4 Å². The van der Waals surface area contributed by atoms with Gasteiger partial charge >= 0.3 is 0 Å². The molecule has 0 bridgehead atoms. The first-order valence-electron chi connectivity index (χ1n) is 14.7. The quantitative estimate of drug-likeness (QED) is 0.116. The van der Waals surface area contributed by atoms with Crippen molar-refractivity contribution in [3.8, 4) is 11.5 Å². The van der Waals surface area contributed by atoms with Crippen LogP contribution in [0, 0.1) is 30.3 Å². The molecule has 1 N–H and O–H groups in total. The Kier molecular flexibility index (Phi) is 8.38. The largest absolute Gasteiger partial charge is 0.490 e. The fraction of sp³-hybridized carbons (Fsp3) is 0.270. The van der Waals surface area contributed by atoms with E-state index < -0.39 is 0 Å². The number of ether oxygens (including phenoxy) is 2. The van der Waals surface area contributed by atoms with Gasteiger partial charge in [-0.05, 0) is 115 Å². The zero-order valence-corrected chi connectivity index (χ0v) is 26.8. The zero-order chi connectivity index (χ0) is 29.2. The number of nitrogens with zero attached hydrogens (tertiary/aromatic N) is 1. The molecule has 4 nitrogen and oxygen atoms in total. The lowest BCUT2D eigenvalue weighted by atomic mass is 9.76. The van der Waals surface area contributed by atoms with E-state index in [4.69, 9.17) is 14.5 Å². The second-order valence-electron chi connectivity index (χ2n) is 11.5. The molecule has 1 aliphatic heterocycles. The number of aliphatic imine (C=N–C) groups is 1. The van der Waals surface area contributed by atoms with Crippen molar-refractivity contribution < 1.29 is 9.47 Å². The molecule has 5 heteroatoms. The van der Waals surface area contributed by atoms with Crippen molar-refractivity contribution in [2.45, 2.75) is 52.7 Å². The summed E-state index contributed by atoms with van der Waals surface area (Å²) in [4.78, 5) is 4.80. The molecular weight excluding hydrogens is 631 g/mol. The van der Waals surface area contributed by atoms with Gasteiger partial charge in [-0.15, -0.1) is 0 Å². The fourth-order valence-corrected chi connectivity index (χ4v) is 7.12. The summed E-state index contributed by atoms with van der Waals surface area (Å²) in [6.45, 7) is 9.46. The molecule has 3 atom stereocenters. The minimum absolute atomic E-state index is 0.282. The molecule has 0 spiro atoms. The van der Waals surface area contributed by atoms with E-state index in [0.29, 0.717) is 25.0 Å². The molecule has 1 heterocycles. The highest BCUT2D eigenvalue weighted by atomic mass is 127. The number of rotatable bonds is 8. The summed E-state index contributed by atoms with van der Waals surface area (Å²) in [6.07, 6.45) is 7.74. The van der Waals surface area contributed by atoms with E-state index in [1.165, 1.54) is 33.5 Å². The molecule has 214 valence electrons. The van der Waals surface area contributed by atoms with Gasteiger partial charge in [0.25, 0.3) is 0 Å². The van der Waals surface area contributed by atoms with E-state index in [-0.39, 0.29) is 6.04 Å². The van der Waals surface area contributed by atoms with Crippen LogP contribution in [-0.4, -0.2) is 12.8 Å². The van der Waals surface area contributed by atoms with Crippen LogP contribution in [0.1, 0.15) is 64.2 Å². The van der Waals surface area contributed by atoms with Crippen LogP contribution in [0.5, 0.6) is 11.5 Å². The third-order valence-electron chi connectivity index (χ3n) is 8.13. The van der Waals surface area contributed by atoms with Gasteiger partial charge in [-0.2, -0.15) is 0 Å². The van der Waals surface area contributed by atoms with Gasteiger partial charge in [-0.1, -0.05) is 71.3 Å². The molecule has 0 saturated heterocycles. The van der Waals surface area contributed by atoms with Gasteiger partial charge in [0.05, 0.1) is 21.9 Å². The maximum absolute atomic E-state index is 6.28. The van der Waals surface area contributed by atoms with Crippen LogP contribution in [0.15, 0.2) is 89.9 Å². The highest BCUT2D eigenvalue weighted by Gasteiger charge is 2.37. The number of hydrogen-bond acceptors (Lipinski definition) is 4. The number of fused-ring (bicyclic) bond motifs is 3. The number of aryl methyl sites for hydroxylation is 3. The highest BCUT2D eigenvalue weighted by Crippen LogP contribution is 2.50. The monoisotopic (exact) mass is 668 g/mol. The average molecular weight is 669 g/mol. The van der Waals surface area contributed by atoms with E-state index >= 15 is 0 Å². The van der Waals surface area contributed by atoms with E-state index in [9.17, 15) is 0 Å². The van der Waals surface area contributed by atoms with Gasteiger partial charge in [0.15, 0.2) is 11.5 Å². The molecule has 2 aliphatic rings. The Bertz CT molecular complexity index is 1640. The van der Waals surface area contributed by atoms with Crippen molar-refractivity contribution >= 4 is 40.2 Å². The minimum atomic E-state index is 0.282. The lowest BCUT2D eigenvalue weighted by Gasteiger charge is -2.37. The minimum Gasteiger partial charge on any atom is -0.490 e. The topological polar surface area (TPSA) is 42.8 Å². The Hall–Kier alpha value is -3.58. The summed E-state index contributed by atoms with van der Waals surface area (Å²) in [5, 5.41) is 3.84. The number of allylic oxidation sites excluding steroid dienone is 2. The Morgan fingerprint density at radius 2 is 1.69 bits per heavy atom. The maximum Gasteiger partial charge on any atom is 0.175 e. The van der Waals surface area contributed by atoms with Crippen LogP contribution in [0.25, 0.3) is 0 Å². The lowest BCUT2D eigenvalue weighted by Crippen LogP contribution is -2.29. The van der Waals surface area contributed by atoms with Gasteiger partial charge in [0.1, 0.15) is 6.61 Å². The number of benzene rings is 4. The number of anilines is 1. The number of hydrogen-bond donors (Lipinski definition) is 1. The molecule has 4 aromatic carbocycles. The van der Waals surface area contributed by atoms with Crippen molar-refractivity contribution in [3.05, 3.63) is 127 Å². The van der Waals surface area contributed by atoms with Gasteiger partial charge in [0.2, 0.25) is 0 Å². The Balaban J connectivity index is 1.18. The van der Waals surface area contributed by atoms with Crippen molar-refractivity contribution in [2.24, 2.45) is 10.9 Å². The van der Waals surface area contributed by atoms with Crippen LogP contribution < -0.4 is 14.8 Å². The highest BCUT2D eigenvalue weighted by molar-refractivity contribution is 14.1. The molecule has 0 unspecified atom stereocenters. The summed E-state index contributed by atoms with van der Waals surface area (Å²) >= 11 is 2.33. The summed E-state index contributed by atoms with van der Waals surface area (Å²) in [5.41, 5.74) is 10.8. The first-order valence-corrected chi connectivity index (χ1v) is 15.8. The zero-order valence-electron chi connectivity index (χ0n) is 24.7. The molecule has 0 amide bonds. The first-order chi connectivity index (χ1) is 20.4. The third kappa shape index (κ3) is 6.12. The normalized spacial score (nSPS) is 18.9. The molecule has 4 aromatic rings. The van der Waals surface area contributed by atoms with Gasteiger partial charge in [-0.25, -0.2) is 0 Å². The van der Waals surface area contributed by atoms with Gasteiger partial charge < -0.3 is 14.8 Å². The van der Waals surface area contributed by atoms with E-state index in [2.05, 4.69) is 128 Å². The van der Waals surface area contributed by atoms with Crippen molar-refractivity contribution in [1.29, 1.82) is 0 Å². The van der Waals surface area contributed by atoms with E-state index in [0.717, 1.165) is 38.3 Å². The summed E-state index contributed by atoms with van der Waals surface area (Å²) in [7, 11) is 0. The summed E-state index contributed by atoms with van der Waals surface area (Å²) in [6, 6.07) is 26.3. The summed E-state index contributed by atoms with van der Waals surface area (Å²) in [5.74, 6) is 2.51. The Morgan fingerprint density at radius 3 is 2.45 bits per heavy atom. The molecule has 0 saturated carbocycles. The predicted octanol–water partition coefficient (Wildman–Crippen LogP) is 9.77. The Morgan fingerprint density at radius 1 is 0.905 bits per heavy atom. The fourth-order valence-electron chi connectivity index (χ4n) is 6.33. The Labute approximate surface area is 263 Å². The molecule has 0 fully saturated rings. The smallest absolute Gasteiger partial charge is 0.175 e. The molecule has 42 heavy (non-hydrogen) atoms. The average Bonchev–Trinajstić information content (AvgIpc) is 3.46. The van der Waals surface area contributed by atoms with Crippen LogP contribution in [0.3, 0.4) is 0 Å². The number of halogens is 1.